The van der Waals surface area contributed by atoms with Crippen LogP contribution < -0.4 is 19.5 Å². The first-order valence-corrected chi connectivity index (χ1v) is 9.46. The fraction of sp³-hybridized carbons (Fsp3) is 0.273. The summed E-state index contributed by atoms with van der Waals surface area (Å²) in [5.41, 5.74) is 2.75. The number of carbonyl (C=O) groups excluding carboxylic acids is 1. The van der Waals surface area contributed by atoms with E-state index < -0.39 is 0 Å². The highest BCUT2D eigenvalue weighted by atomic mass is 19.1. The van der Waals surface area contributed by atoms with Crippen LogP contribution in [0.3, 0.4) is 0 Å². The molecule has 28 heavy (non-hydrogen) atoms. The van der Waals surface area contributed by atoms with Gasteiger partial charge in [-0.25, -0.2) is 9.37 Å². The summed E-state index contributed by atoms with van der Waals surface area (Å²) >= 11 is 0. The number of rotatable bonds is 4. The number of hydrogen-bond donors (Lipinski definition) is 1. The van der Waals surface area contributed by atoms with Crippen molar-refractivity contribution in [2.75, 3.05) is 45.2 Å². The minimum atomic E-state index is -0.309. The molecule has 0 aliphatic carbocycles. The number of benzene rings is 2. The molecule has 3 aromatic rings. The van der Waals surface area contributed by atoms with Gasteiger partial charge in [0.05, 0.1) is 51.4 Å². The molecular formula is C22H24FN3O2+2. The van der Waals surface area contributed by atoms with E-state index in [0.29, 0.717) is 16.9 Å². The quantitative estimate of drug-likeness (QED) is 0.695. The number of ketones is 1. The van der Waals surface area contributed by atoms with Crippen LogP contribution in [-0.4, -0.2) is 46.1 Å². The highest BCUT2D eigenvalue weighted by Gasteiger charge is 2.27. The van der Waals surface area contributed by atoms with E-state index in [0.717, 1.165) is 42.8 Å². The van der Waals surface area contributed by atoms with Crippen molar-refractivity contribution in [2.24, 2.45) is 0 Å². The zero-order valence-corrected chi connectivity index (χ0v) is 16.1. The topological polar surface area (TPSA) is 48.1 Å². The summed E-state index contributed by atoms with van der Waals surface area (Å²) < 4.78 is 19.2. The Morgan fingerprint density at radius 3 is 2.54 bits per heavy atom. The maximum Gasteiger partial charge on any atom is 0.213 e. The second-order valence-corrected chi connectivity index (χ2v) is 7.24. The molecule has 0 amide bonds. The van der Waals surface area contributed by atoms with Gasteiger partial charge in [0.1, 0.15) is 17.1 Å². The Balaban J connectivity index is 1.84. The molecule has 6 heteroatoms. The van der Waals surface area contributed by atoms with Crippen molar-refractivity contribution in [3.63, 3.8) is 0 Å². The minimum absolute atomic E-state index is 0.0914. The van der Waals surface area contributed by atoms with Gasteiger partial charge in [0.2, 0.25) is 11.3 Å². The molecule has 2 N–H and O–H groups in total. The van der Waals surface area contributed by atoms with E-state index >= 15 is 0 Å². The minimum Gasteiger partial charge on any atom is -0.497 e. The third-order valence-corrected chi connectivity index (χ3v) is 5.39. The van der Waals surface area contributed by atoms with Gasteiger partial charge in [-0.05, 0) is 36.4 Å². The normalized spacial score (nSPS) is 15.0. The average molecular weight is 381 g/mol. The number of H-pyrrole nitrogens is 1. The molecule has 0 radical (unpaired) electrons. The van der Waals surface area contributed by atoms with Crippen molar-refractivity contribution in [1.82, 2.24) is 0 Å². The van der Waals surface area contributed by atoms with Gasteiger partial charge in [0.15, 0.2) is 6.20 Å². The molecule has 1 saturated heterocycles. The first-order chi connectivity index (χ1) is 13.6. The summed E-state index contributed by atoms with van der Waals surface area (Å²) in [7, 11) is 3.76. The summed E-state index contributed by atoms with van der Waals surface area (Å²) in [5.74, 6) is 0.299. The summed E-state index contributed by atoms with van der Waals surface area (Å²) in [6.45, 7) is 3.60. The van der Waals surface area contributed by atoms with Crippen molar-refractivity contribution in [2.45, 2.75) is 0 Å². The summed E-state index contributed by atoms with van der Waals surface area (Å²) in [6.07, 6.45) is 1.74. The third-order valence-electron chi connectivity index (χ3n) is 5.39. The molecule has 0 atom stereocenters. The van der Waals surface area contributed by atoms with E-state index in [1.807, 2.05) is 0 Å². The number of anilines is 1. The number of likely N-dealkylation sites (N-methyl/N-ethyl adjacent to an activating group) is 1. The van der Waals surface area contributed by atoms with E-state index in [9.17, 15) is 9.18 Å². The van der Waals surface area contributed by atoms with Crippen molar-refractivity contribution in [1.29, 1.82) is 0 Å². The van der Waals surface area contributed by atoms with Crippen LogP contribution in [0.5, 0.6) is 5.75 Å². The lowest BCUT2D eigenvalue weighted by Crippen LogP contribution is -3.12. The summed E-state index contributed by atoms with van der Waals surface area (Å²) in [6, 6.07) is 11.7. The molecule has 1 aliphatic rings. The predicted octanol–water partition coefficient (Wildman–Crippen LogP) is 1.37. The van der Waals surface area contributed by atoms with Crippen LogP contribution in [0.1, 0.15) is 15.9 Å². The lowest BCUT2D eigenvalue weighted by atomic mass is 9.99. The Bertz CT molecular complexity index is 1010. The molecule has 1 fully saturated rings. The van der Waals surface area contributed by atoms with Crippen molar-refractivity contribution in [3.8, 4) is 5.75 Å². The number of ether oxygens (including phenoxy) is 1. The predicted molar refractivity (Wildman–Crippen MR) is 106 cm³/mol. The number of nitrogens with zero attached hydrogens (tertiary/aromatic N) is 1. The van der Waals surface area contributed by atoms with E-state index in [2.05, 4.69) is 16.9 Å². The molecule has 5 nitrogen and oxygen atoms in total. The Kier molecular flexibility index (Phi) is 4.96. The molecule has 0 unspecified atom stereocenters. The fourth-order valence-corrected chi connectivity index (χ4v) is 3.73. The number of quaternary nitrogens is 1. The van der Waals surface area contributed by atoms with Gasteiger partial charge in [0, 0.05) is 11.6 Å². The third kappa shape index (κ3) is 3.43. The van der Waals surface area contributed by atoms with Gasteiger partial charge in [-0.3, -0.25) is 4.79 Å². The summed E-state index contributed by atoms with van der Waals surface area (Å²) in [4.78, 5) is 20.1. The Morgan fingerprint density at radius 2 is 1.86 bits per heavy atom. The number of aromatic amines is 1. The van der Waals surface area contributed by atoms with Crippen LogP contribution >= 0.6 is 0 Å². The number of nitrogens with one attached hydrogen (secondary N) is 2. The molecule has 4 rings (SSSR count). The van der Waals surface area contributed by atoms with Crippen LogP contribution in [0.2, 0.25) is 0 Å². The molecule has 1 aromatic heterocycles. The number of pyridine rings is 1. The first kappa shape index (κ1) is 18.4. The van der Waals surface area contributed by atoms with Gasteiger partial charge >= 0.3 is 0 Å². The van der Waals surface area contributed by atoms with E-state index in [1.165, 1.54) is 17.0 Å². The molecule has 2 heterocycles. The van der Waals surface area contributed by atoms with Gasteiger partial charge in [-0.15, -0.1) is 0 Å². The second-order valence-electron chi connectivity index (χ2n) is 7.24. The number of hydrogen-bond acceptors (Lipinski definition) is 3. The largest absolute Gasteiger partial charge is 0.497 e. The van der Waals surface area contributed by atoms with Crippen LogP contribution in [0.4, 0.5) is 10.1 Å². The molecular weight excluding hydrogens is 357 g/mol. The van der Waals surface area contributed by atoms with Gasteiger partial charge in [0.25, 0.3) is 0 Å². The first-order valence-electron chi connectivity index (χ1n) is 9.46. The number of halogens is 1. The Morgan fingerprint density at radius 1 is 1.14 bits per heavy atom. The lowest BCUT2D eigenvalue weighted by molar-refractivity contribution is -0.880. The van der Waals surface area contributed by atoms with Gasteiger partial charge in [-0.1, -0.05) is 0 Å². The van der Waals surface area contributed by atoms with Crippen molar-refractivity contribution in [3.05, 3.63) is 65.6 Å². The van der Waals surface area contributed by atoms with Crippen LogP contribution in [0.25, 0.3) is 10.9 Å². The SMILES string of the molecule is COc1ccc(C(=O)c2c[nH+]c3ccc(F)cc3c2N2CC[NH+](C)CC2)cc1. The highest BCUT2D eigenvalue weighted by molar-refractivity contribution is 6.15. The summed E-state index contributed by atoms with van der Waals surface area (Å²) in [5, 5.41) is 0.735. The van der Waals surface area contributed by atoms with Crippen molar-refractivity contribution >= 4 is 22.4 Å². The molecule has 2 aromatic carbocycles. The number of carbonyl (C=O) groups is 1. The highest BCUT2D eigenvalue weighted by Crippen LogP contribution is 2.31. The lowest BCUT2D eigenvalue weighted by Gasteiger charge is -2.32. The van der Waals surface area contributed by atoms with Gasteiger partial charge in [-0.2, -0.15) is 0 Å². The maximum absolute atomic E-state index is 14.0. The second kappa shape index (κ2) is 7.56. The van der Waals surface area contributed by atoms with Gasteiger partial charge < -0.3 is 14.5 Å². The molecule has 0 saturated carbocycles. The molecule has 1 aliphatic heterocycles. The zero-order valence-electron chi connectivity index (χ0n) is 16.1. The van der Waals surface area contributed by atoms with Crippen molar-refractivity contribution < 1.29 is 23.8 Å². The van der Waals surface area contributed by atoms with E-state index in [1.54, 1.807) is 43.6 Å². The number of piperazine rings is 1. The fourth-order valence-electron chi connectivity index (χ4n) is 3.73. The average Bonchev–Trinajstić information content (AvgIpc) is 2.73. The van der Waals surface area contributed by atoms with E-state index in [-0.39, 0.29) is 11.6 Å². The number of methoxy groups -OCH3 is 1. The molecule has 144 valence electrons. The Hall–Kier alpha value is -2.99. The monoisotopic (exact) mass is 381 g/mol. The Labute approximate surface area is 163 Å². The smallest absolute Gasteiger partial charge is 0.213 e. The zero-order chi connectivity index (χ0) is 19.7. The maximum atomic E-state index is 14.0. The molecule has 0 bridgehead atoms. The standard InChI is InChI=1S/C22H22FN3O2/c1-25-9-11-26(12-10-25)21-18-13-16(23)5-8-20(18)24-14-19(21)22(27)15-3-6-17(28-2)7-4-15/h3-8,13-14H,9-12H2,1-2H3/p+2. The van der Waals surface area contributed by atoms with Crippen LogP contribution in [-0.2, 0) is 0 Å². The number of fused-ring (bicyclic) bond motifs is 1. The molecule has 0 spiro atoms. The van der Waals surface area contributed by atoms with Crippen LogP contribution in [0.15, 0.2) is 48.7 Å². The van der Waals surface area contributed by atoms with Crippen LogP contribution in [0, 0.1) is 5.82 Å². The van der Waals surface area contributed by atoms with E-state index in [4.69, 9.17) is 4.74 Å². The number of aromatic nitrogens is 1.